The molecule has 0 heterocycles. The van der Waals surface area contributed by atoms with Gasteiger partial charge in [-0.1, -0.05) is 15.9 Å². The highest BCUT2D eigenvalue weighted by Crippen LogP contribution is 2.01. The third-order valence-corrected chi connectivity index (χ3v) is 1.56. The number of unbranched alkanes of at least 4 members (excludes halogenated alkanes) is 1. The molecule has 0 saturated carbocycles. The summed E-state index contributed by atoms with van der Waals surface area (Å²) in [6.07, 6.45) is 2.66. The van der Waals surface area contributed by atoms with Crippen LogP contribution in [0.3, 0.4) is 0 Å². The van der Waals surface area contributed by atoms with Crippen molar-refractivity contribution in [2.75, 3.05) is 5.33 Å². The van der Waals surface area contributed by atoms with E-state index in [0.29, 0.717) is 0 Å². The number of hydrogen-bond acceptors (Lipinski definition) is 0. The van der Waals surface area contributed by atoms with Gasteiger partial charge in [-0.2, -0.15) is 0 Å². The van der Waals surface area contributed by atoms with Crippen LogP contribution in [0.4, 0.5) is 0 Å². The molecule has 2 heteroatoms. The summed E-state index contributed by atoms with van der Waals surface area (Å²) in [4.78, 5) is 0. The van der Waals surface area contributed by atoms with Crippen molar-refractivity contribution in [3.63, 3.8) is 0 Å². The molecule has 0 rings (SSSR count). The Morgan fingerprint density at radius 1 is 1.50 bits per heavy atom. The van der Waals surface area contributed by atoms with Crippen LogP contribution in [0.25, 0.3) is 0 Å². The topological polar surface area (TPSA) is 19.9 Å². The quantitative estimate of drug-likeness (QED) is 0.467. The second-order valence-corrected chi connectivity index (χ2v) is 2.79. The van der Waals surface area contributed by atoms with Crippen LogP contribution in [0.1, 0.15) is 26.2 Å². The average molecular weight is 180 g/mol. The zero-order valence-electron chi connectivity index (χ0n) is 5.19. The minimum atomic E-state index is -0.367. The van der Waals surface area contributed by atoms with E-state index in [1.54, 1.807) is 6.92 Å². The Morgan fingerprint density at radius 2 is 2.12 bits per heavy atom. The molecule has 0 spiro atoms. The van der Waals surface area contributed by atoms with Crippen molar-refractivity contribution in [1.29, 1.82) is 0 Å². The zero-order chi connectivity index (χ0) is 6.41. The lowest BCUT2D eigenvalue weighted by molar-refractivity contribution is 0.0957. The van der Waals surface area contributed by atoms with E-state index in [2.05, 4.69) is 15.9 Å². The molecule has 8 heavy (non-hydrogen) atoms. The summed E-state index contributed by atoms with van der Waals surface area (Å²) in [5.74, 6) is 0. The molecule has 0 bridgehead atoms. The maximum absolute atomic E-state index is 10.4. The van der Waals surface area contributed by atoms with Gasteiger partial charge in [0.05, 0.1) is 6.10 Å². The van der Waals surface area contributed by atoms with Crippen LogP contribution >= 0.6 is 15.9 Å². The van der Waals surface area contributed by atoms with Gasteiger partial charge in [0, 0.05) is 5.33 Å². The predicted octanol–water partition coefficient (Wildman–Crippen LogP) is 2.37. The van der Waals surface area contributed by atoms with Gasteiger partial charge in [-0.05, 0) is 26.2 Å². The smallest absolute Gasteiger partial charge is 0.0902 e. The monoisotopic (exact) mass is 179 g/mol. The second kappa shape index (κ2) is 5.57. The first kappa shape index (κ1) is 8.44. The van der Waals surface area contributed by atoms with Crippen LogP contribution in [-0.4, -0.2) is 11.4 Å². The van der Waals surface area contributed by atoms with Crippen LogP contribution in [0, 0.1) is 0 Å². The Balaban J connectivity index is 2.72. The fraction of sp³-hybridized carbons (Fsp3) is 1.00. The van der Waals surface area contributed by atoms with E-state index in [-0.39, 0.29) is 6.10 Å². The molecule has 1 unspecified atom stereocenters. The van der Waals surface area contributed by atoms with Crippen LogP contribution in [0.5, 0.6) is 0 Å². The van der Waals surface area contributed by atoms with E-state index >= 15 is 0 Å². The van der Waals surface area contributed by atoms with E-state index < -0.39 is 0 Å². The Bertz CT molecular complexity index is 45.8. The normalized spacial score (nSPS) is 13.9. The van der Waals surface area contributed by atoms with Crippen LogP contribution in [-0.2, 0) is 5.11 Å². The van der Waals surface area contributed by atoms with E-state index in [1.165, 1.54) is 0 Å². The van der Waals surface area contributed by atoms with Crippen LogP contribution < -0.4 is 0 Å². The van der Waals surface area contributed by atoms with E-state index in [4.69, 9.17) is 0 Å². The lowest BCUT2D eigenvalue weighted by Crippen LogP contribution is -1.95. The Morgan fingerprint density at radius 3 is 2.50 bits per heavy atom. The molecule has 0 aliphatic heterocycles. The number of halogens is 1. The van der Waals surface area contributed by atoms with Crippen molar-refractivity contribution < 1.29 is 5.11 Å². The third-order valence-electron chi connectivity index (χ3n) is 0.994. The first-order valence-corrected chi connectivity index (χ1v) is 4.11. The van der Waals surface area contributed by atoms with Gasteiger partial charge in [-0.25, -0.2) is 5.11 Å². The van der Waals surface area contributed by atoms with Crippen molar-refractivity contribution in [2.45, 2.75) is 32.3 Å². The molecule has 1 atom stereocenters. The molecular formula is C6H12BrO. The molecule has 0 N–H and O–H groups in total. The van der Waals surface area contributed by atoms with E-state index in [9.17, 15) is 5.11 Å². The molecule has 1 nitrogen and oxygen atoms in total. The number of rotatable bonds is 4. The Labute approximate surface area is 59.2 Å². The standard InChI is InChI=1S/C6H12BrO/c1-6(8)4-2-3-5-7/h6H,2-5H2,1H3. The molecule has 1 radical (unpaired) electrons. The Kier molecular flexibility index (Phi) is 5.88. The fourth-order valence-corrected chi connectivity index (χ4v) is 0.923. The minimum Gasteiger partial charge on any atom is -0.233 e. The van der Waals surface area contributed by atoms with E-state index in [1.807, 2.05) is 0 Å². The van der Waals surface area contributed by atoms with Crippen molar-refractivity contribution in [3.05, 3.63) is 0 Å². The maximum Gasteiger partial charge on any atom is 0.0902 e. The van der Waals surface area contributed by atoms with Gasteiger partial charge in [0.2, 0.25) is 0 Å². The summed E-state index contributed by atoms with van der Waals surface area (Å²) in [7, 11) is 0. The van der Waals surface area contributed by atoms with Gasteiger partial charge in [0.15, 0.2) is 0 Å². The van der Waals surface area contributed by atoms with Gasteiger partial charge in [0.25, 0.3) is 0 Å². The SMILES string of the molecule is CC([O])CCCCBr. The summed E-state index contributed by atoms with van der Waals surface area (Å²) < 4.78 is 0. The molecule has 0 aliphatic carbocycles. The average Bonchev–Trinajstić information content (AvgIpc) is 1.66. The van der Waals surface area contributed by atoms with Crippen LogP contribution in [0.2, 0.25) is 0 Å². The fourth-order valence-electron chi connectivity index (χ4n) is 0.526. The molecule has 0 aromatic heterocycles. The van der Waals surface area contributed by atoms with Crippen molar-refractivity contribution >= 4 is 15.9 Å². The molecule has 0 amide bonds. The predicted molar refractivity (Wildman–Crippen MR) is 37.8 cm³/mol. The summed E-state index contributed by atoms with van der Waals surface area (Å²) in [6, 6.07) is 0. The highest BCUT2D eigenvalue weighted by atomic mass is 79.9. The first-order chi connectivity index (χ1) is 3.77. The zero-order valence-corrected chi connectivity index (χ0v) is 6.78. The molecule has 0 aromatic carbocycles. The van der Waals surface area contributed by atoms with Gasteiger partial charge in [-0.3, -0.25) is 0 Å². The van der Waals surface area contributed by atoms with Crippen LogP contribution in [0.15, 0.2) is 0 Å². The molecule has 0 aliphatic rings. The summed E-state index contributed by atoms with van der Waals surface area (Å²) in [5.41, 5.74) is 0. The second-order valence-electron chi connectivity index (χ2n) is 2.00. The number of alkyl halides is 1. The lowest BCUT2D eigenvalue weighted by atomic mass is 10.2. The molecular weight excluding hydrogens is 168 g/mol. The van der Waals surface area contributed by atoms with Gasteiger partial charge in [0.1, 0.15) is 0 Å². The number of hydrogen-bond donors (Lipinski definition) is 0. The molecule has 0 saturated heterocycles. The highest BCUT2D eigenvalue weighted by molar-refractivity contribution is 9.09. The van der Waals surface area contributed by atoms with Crippen molar-refractivity contribution in [3.8, 4) is 0 Å². The van der Waals surface area contributed by atoms with Crippen molar-refractivity contribution in [1.82, 2.24) is 0 Å². The summed E-state index contributed by atoms with van der Waals surface area (Å²) >= 11 is 3.30. The van der Waals surface area contributed by atoms with Gasteiger partial charge < -0.3 is 0 Å². The minimum absolute atomic E-state index is 0.367. The maximum atomic E-state index is 10.4. The summed E-state index contributed by atoms with van der Waals surface area (Å²) in [6.45, 7) is 1.72. The largest absolute Gasteiger partial charge is 0.233 e. The molecule has 0 aromatic rings. The van der Waals surface area contributed by atoms with Gasteiger partial charge in [-0.15, -0.1) is 0 Å². The summed E-state index contributed by atoms with van der Waals surface area (Å²) in [5, 5.41) is 11.4. The molecule has 49 valence electrons. The highest BCUT2D eigenvalue weighted by Gasteiger charge is 1.94. The molecule has 0 fully saturated rings. The third kappa shape index (κ3) is 6.44. The first-order valence-electron chi connectivity index (χ1n) is 2.99. The lowest BCUT2D eigenvalue weighted by Gasteiger charge is -1.97. The Hall–Kier alpha value is 0.440. The van der Waals surface area contributed by atoms with Gasteiger partial charge >= 0.3 is 0 Å². The van der Waals surface area contributed by atoms with E-state index in [0.717, 1.165) is 24.6 Å². The van der Waals surface area contributed by atoms with Crippen molar-refractivity contribution in [2.24, 2.45) is 0 Å².